The Morgan fingerprint density at radius 1 is 0.972 bits per heavy atom. The van der Waals surface area contributed by atoms with Gasteiger partial charge in [-0.3, -0.25) is 4.79 Å². The summed E-state index contributed by atoms with van der Waals surface area (Å²) in [4.78, 5) is 21.0. The minimum atomic E-state index is -0.283. The number of H-pyrrole nitrogens is 1. The molecule has 0 spiro atoms. The largest absolute Gasteiger partial charge is 0.493 e. The molecule has 0 saturated heterocycles. The number of anilines is 1. The van der Waals surface area contributed by atoms with Crippen LogP contribution in [0.4, 0.5) is 5.82 Å². The number of aromatic amines is 1. The Balaban J connectivity index is 2.45. The lowest BCUT2D eigenvalue weighted by molar-refractivity contribution is 0.324. The topological polar surface area (TPSA) is 109 Å². The monoisotopic (exact) mass is 500 g/mol. The van der Waals surface area contributed by atoms with E-state index in [-0.39, 0.29) is 11.6 Å². The minimum absolute atomic E-state index is 0.211. The van der Waals surface area contributed by atoms with Crippen LogP contribution in [0.3, 0.4) is 0 Å². The van der Waals surface area contributed by atoms with Crippen LogP contribution in [-0.2, 0) is 6.42 Å². The molecule has 0 aliphatic rings. The second kappa shape index (κ2) is 15.2. The molecular formula is C28H44N4O4. The third-order valence-corrected chi connectivity index (χ3v) is 6.25. The highest BCUT2D eigenvalue weighted by molar-refractivity contribution is 6.01. The van der Waals surface area contributed by atoms with Crippen LogP contribution >= 0.6 is 0 Å². The van der Waals surface area contributed by atoms with Crippen molar-refractivity contribution < 1.29 is 14.2 Å². The van der Waals surface area contributed by atoms with Crippen LogP contribution in [0.2, 0.25) is 0 Å². The van der Waals surface area contributed by atoms with Gasteiger partial charge in [-0.2, -0.15) is 0 Å². The molecule has 0 aliphatic heterocycles. The van der Waals surface area contributed by atoms with E-state index in [0.717, 1.165) is 37.7 Å². The lowest BCUT2D eigenvalue weighted by Gasteiger charge is -2.21. The summed E-state index contributed by atoms with van der Waals surface area (Å²) in [7, 11) is 4.72. The SMILES string of the molecule is CCCCCCC(CCC)Nc1nc(Cc2cc(OC)c(OC)c(OC)c2)[nH]c(=O)c1C(=N)CCC. The molecule has 0 bridgehead atoms. The Morgan fingerprint density at radius 3 is 2.22 bits per heavy atom. The van der Waals surface area contributed by atoms with Crippen LogP contribution in [0.5, 0.6) is 17.2 Å². The first-order chi connectivity index (χ1) is 17.4. The van der Waals surface area contributed by atoms with Gasteiger partial charge in [0, 0.05) is 18.2 Å². The van der Waals surface area contributed by atoms with E-state index in [1.54, 1.807) is 21.3 Å². The van der Waals surface area contributed by atoms with Crippen LogP contribution in [0.1, 0.15) is 95.5 Å². The summed E-state index contributed by atoms with van der Waals surface area (Å²) in [6, 6.07) is 3.92. The highest BCUT2D eigenvalue weighted by atomic mass is 16.5. The zero-order chi connectivity index (χ0) is 26.5. The molecule has 1 aromatic carbocycles. The molecule has 8 heteroatoms. The Labute approximate surface area is 215 Å². The first-order valence-electron chi connectivity index (χ1n) is 13.2. The van der Waals surface area contributed by atoms with Crippen molar-refractivity contribution in [1.82, 2.24) is 9.97 Å². The van der Waals surface area contributed by atoms with E-state index >= 15 is 0 Å². The van der Waals surface area contributed by atoms with Crippen molar-refractivity contribution in [3.05, 3.63) is 39.4 Å². The number of hydrogen-bond donors (Lipinski definition) is 3. The molecule has 36 heavy (non-hydrogen) atoms. The van der Waals surface area contributed by atoms with Gasteiger partial charge in [0.05, 0.1) is 21.3 Å². The van der Waals surface area contributed by atoms with Crippen molar-refractivity contribution >= 4 is 11.5 Å². The predicted molar refractivity (Wildman–Crippen MR) is 147 cm³/mol. The van der Waals surface area contributed by atoms with Crippen LogP contribution in [-0.4, -0.2) is 43.1 Å². The molecule has 1 unspecified atom stereocenters. The molecule has 2 aromatic rings. The average Bonchev–Trinajstić information content (AvgIpc) is 2.85. The molecular weight excluding hydrogens is 456 g/mol. The van der Waals surface area contributed by atoms with Crippen LogP contribution in [0, 0.1) is 5.41 Å². The zero-order valence-corrected chi connectivity index (χ0v) is 22.9. The van der Waals surface area contributed by atoms with Gasteiger partial charge in [0.15, 0.2) is 11.5 Å². The van der Waals surface area contributed by atoms with Gasteiger partial charge in [0.25, 0.3) is 5.56 Å². The standard InChI is InChI=1S/C28H44N4O4/c1-7-10-11-12-15-20(13-8-2)30-27-25(21(29)14-9-3)28(33)32-24(31-27)18-19-16-22(34-4)26(36-6)23(17-19)35-5/h16-17,20,29H,7-15,18H2,1-6H3,(H2,30,31,32,33). The molecule has 1 aromatic heterocycles. The summed E-state index contributed by atoms with van der Waals surface area (Å²) < 4.78 is 16.4. The fourth-order valence-electron chi connectivity index (χ4n) is 4.44. The number of nitrogens with zero attached hydrogens (tertiary/aromatic N) is 1. The number of hydrogen-bond acceptors (Lipinski definition) is 7. The van der Waals surface area contributed by atoms with Gasteiger partial charge in [-0.15, -0.1) is 0 Å². The number of aromatic nitrogens is 2. The van der Waals surface area contributed by atoms with Crippen molar-refractivity contribution in [3.63, 3.8) is 0 Å². The molecule has 0 amide bonds. The molecule has 8 nitrogen and oxygen atoms in total. The second-order valence-electron chi connectivity index (χ2n) is 9.15. The Kier molecular flexibility index (Phi) is 12.3. The smallest absolute Gasteiger partial charge is 0.262 e. The molecule has 2 rings (SSSR count). The maximum atomic E-state index is 13.2. The fraction of sp³-hybridized carbons (Fsp3) is 0.607. The summed E-state index contributed by atoms with van der Waals surface area (Å²) in [5, 5.41) is 12.1. The number of ether oxygens (including phenoxy) is 3. The van der Waals surface area contributed by atoms with Crippen LogP contribution in [0.15, 0.2) is 16.9 Å². The van der Waals surface area contributed by atoms with E-state index in [1.165, 1.54) is 19.3 Å². The molecule has 0 saturated carbocycles. The van der Waals surface area contributed by atoms with Crippen molar-refractivity contribution in [2.45, 2.75) is 91.0 Å². The summed E-state index contributed by atoms with van der Waals surface area (Å²) >= 11 is 0. The second-order valence-corrected chi connectivity index (χ2v) is 9.15. The molecule has 0 radical (unpaired) electrons. The zero-order valence-electron chi connectivity index (χ0n) is 22.9. The molecule has 200 valence electrons. The van der Waals surface area contributed by atoms with E-state index in [9.17, 15) is 4.79 Å². The lowest BCUT2D eigenvalue weighted by Crippen LogP contribution is -2.28. The summed E-state index contributed by atoms with van der Waals surface area (Å²) in [5.74, 6) is 2.63. The van der Waals surface area contributed by atoms with Gasteiger partial charge < -0.3 is 29.9 Å². The van der Waals surface area contributed by atoms with Gasteiger partial charge in [-0.05, 0) is 37.0 Å². The Hall–Kier alpha value is -3.03. The third-order valence-electron chi connectivity index (χ3n) is 6.25. The lowest BCUT2D eigenvalue weighted by atomic mass is 10.0. The number of rotatable bonds is 17. The van der Waals surface area contributed by atoms with Crippen molar-refractivity contribution in [1.29, 1.82) is 5.41 Å². The van der Waals surface area contributed by atoms with Gasteiger partial charge in [0.2, 0.25) is 5.75 Å². The Morgan fingerprint density at radius 2 is 1.67 bits per heavy atom. The normalized spacial score (nSPS) is 11.7. The third kappa shape index (κ3) is 8.00. The number of nitrogens with one attached hydrogen (secondary N) is 3. The fourth-order valence-corrected chi connectivity index (χ4v) is 4.44. The number of benzene rings is 1. The minimum Gasteiger partial charge on any atom is -0.493 e. The van der Waals surface area contributed by atoms with E-state index in [0.29, 0.717) is 53.0 Å². The van der Waals surface area contributed by atoms with E-state index in [1.807, 2.05) is 19.1 Å². The number of methoxy groups -OCH3 is 3. The predicted octanol–water partition coefficient (Wildman–Crippen LogP) is 6.11. The van der Waals surface area contributed by atoms with E-state index < -0.39 is 0 Å². The van der Waals surface area contributed by atoms with Gasteiger partial charge >= 0.3 is 0 Å². The van der Waals surface area contributed by atoms with Gasteiger partial charge in [0.1, 0.15) is 17.2 Å². The Bertz CT molecular complexity index is 1010. The molecule has 1 heterocycles. The number of unbranched alkanes of at least 4 members (excludes halogenated alkanes) is 3. The van der Waals surface area contributed by atoms with Crippen LogP contribution < -0.4 is 25.1 Å². The summed E-state index contributed by atoms with van der Waals surface area (Å²) in [6.07, 6.45) is 9.50. The van der Waals surface area contributed by atoms with Gasteiger partial charge in [-0.25, -0.2) is 4.98 Å². The molecule has 0 aliphatic carbocycles. The maximum Gasteiger partial charge on any atom is 0.262 e. The van der Waals surface area contributed by atoms with Crippen LogP contribution in [0.25, 0.3) is 0 Å². The molecule has 1 atom stereocenters. The average molecular weight is 501 g/mol. The highest BCUT2D eigenvalue weighted by Gasteiger charge is 2.20. The first-order valence-corrected chi connectivity index (χ1v) is 13.2. The van der Waals surface area contributed by atoms with Crippen molar-refractivity contribution in [2.24, 2.45) is 0 Å². The van der Waals surface area contributed by atoms with Crippen molar-refractivity contribution in [3.8, 4) is 17.2 Å². The van der Waals surface area contributed by atoms with E-state index in [2.05, 4.69) is 24.1 Å². The van der Waals surface area contributed by atoms with E-state index in [4.69, 9.17) is 24.6 Å². The maximum absolute atomic E-state index is 13.2. The highest BCUT2D eigenvalue weighted by Crippen LogP contribution is 2.38. The quantitative estimate of drug-likeness (QED) is 0.179. The molecule has 3 N–H and O–H groups in total. The summed E-state index contributed by atoms with van der Waals surface area (Å²) in [5.41, 5.74) is 1.24. The van der Waals surface area contributed by atoms with Crippen molar-refractivity contribution in [2.75, 3.05) is 26.6 Å². The van der Waals surface area contributed by atoms with Gasteiger partial charge in [-0.1, -0.05) is 59.3 Å². The first kappa shape index (κ1) is 29.2. The summed E-state index contributed by atoms with van der Waals surface area (Å²) in [6.45, 7) is 6.39. The molecule has 0 fully saturated rings.